The molecule has 3 aromatic rings. The molecule has 29 heavy (non-hydrogen) atoms. The van der Waals surface area contributed by atoms with Crippen LogP contribution in [-0.4, -0.2) is 35.6 Å². The fourth-order valence-corrected chi connectivity index (χ4v) is 5.02. The molecule has 1 aliphatic carbocycles. The third-order valence-corrected chi connectivity index (χ3v) is 6.82. The Hall–Kier alpha value is -2.36. The summed E-state index contributed by atoms with van der Waals surface area (Å²) in [4.78, 5) is 6.83. The van der Waals surface area contributed by atoms with E-state index in [4.69, 9.17) is 0 Å². The number of benzene rings is 1. The van der Waals surface area contributed by atoms with Crippen molar-refractivity contribution < 1.29 is 22.3 Å². The zero-order valence-corrected chi connectivity index (χ0v) is 16.3. The Morgan fingerprint density at radius 3 is 2.45 bits per heavy atom. The van der Waals surface area contributed by atoms with Crippen LogP contribution in [0.4, 0.5) is 8.78 Å². The number of aliphatic hydroxyl groups is 1. The van der Waals surface area contributed by atoms with Crippen molar-refractivity contribution in [3.05, 3.63) is 48.3 Å². The molecule has 154 valence electrons. The third kappa shape index (κ3) is 4.17. The molecule has 1 aliphatic rings. The number of aromatic nitrogens is 2. The van der Waals surface area contributed by atoms with E-state index < -0.39 is 16.4 Å². The lowest BCUT2D eigenvalue weighted by molar-refractivity contribution is 0.120. The van der Waals surface area contributed by atoms with E-state index in [1.807, 2.05) is 0 Å². The quantitative estimate of drug-likeness (QED) is 0.585. The average Bonchev–Trinajstić information content (AvgIpc) is 3.14. The molecule has 0 atom stereocenters. The van der Waals surface area contributed by atoms with E-state index in [-0.39, 0.29) is 22.7 Å². The van der Waals surface area contributed by atoms with Crippen molar-refractivity contribution in [2.75, 3.05) is 0 Å². The van der Waals surface area contributed by atoms with Gasteiger partial charge < -0.3 is 10.1 Å². The predicted octanol–water partition coefficient (Wildman–Crippen LogP) is 3.75. The topological polar surface area (TPSA) is 95.1 Å². The van der Waals surface area contributed by atoms with Crippen molar-refractivity contribution >= 4 is 21.1 Å². The lowest BCUT2D eigenvalue weighted by Crippen LogP contribution is -2.38. The van der Waals surface area contributed by atoms with E-state index in [0.29, 0.717) is 47.8 Å². The first kappa shape index (κ1) is 19.9. The summed E-state index contributed by atoms with van der Waals surface area (Å²) in [6, 6.07) is 9.21. The van der Waals surface area contributed by atoms with Gasteiger partial charge in [0, 0.05) is 17.6 Å². The van der Waals surface area contributed by atoms with Crippen LogP contribution in [-0.2, 0) is 10.0 Å². The van der Waals surface area contributed by atoms with Crippen LogP contribution in [0.25, 0.3) is 22.2 Å². The molecule has 9 heteroatoms. The van der Waals surface area contributed by atoms with Gasteiger partial charge in [0.15, 0.2) is 0 Å². The van der Waals surface area contributed by atoms with Crippen molar-refractivity contribution in [1.29, 1.82) is 0 Å². The molecule has 2 aromatic heterocycles. The molecule has 0 aliphatic heterocycles. The van der Waals surface area contributed by atoms with Crippen LogP contribution in [0.3, 0.4) is 0 Å². The maximum atomic E-state index is 13.0. The fourth-order valence-electron chi connectivity index (χ4n) is 3.71. The summed E-state index contributed by atoms with van der Waals surface area (Å²) < 4.78 is 54.0. The fraction of sp³-hybridized carbons (Fsp3) is 0.350. The van der Waals surface area contributed by atoms with Gasteiger partial charge in [-0.25, -0.2) is 26.9 Å². The van der Waals surface area contributed by atoms with E-state index in [1.54, 1.807) is 18.2 Å². The van der Waals surface area contributed by atoms with Gasteiger partial charge in [-0.1, -0.05) is 12.1 Å². The Kier molecular flexibility index (Phi) is 5.37. The molecule has 0 bridgehead atoms. The molecule has 0 amide bonds. The minimum absolute atomic E-state index is 0.139. The highest BCUT2D eigenvalue weighted by Gasteiger charge is 2.25. The minimum atomic E-state index is -3.68. The summed E-state index contributed by atoms with van der Waals surface area (Å²) >= 11 is 0. The number of nitrogens with one attached hydrogen (secondary N) is 2. The maximum absolute atomic E-state index is 13.0. The number of aromatic amines is 1. The van der Waals surface area contributed by atoms with Gasteiger partial charge >= 0.3 is 0 Å². The van der Waals surface area contributed by atoms with Gasteiger partial charge in [-0.15, -0.1) is 0 Å². The van der Waals surface area contributed by atoms with Gasteiger partial charge in [0.2, 0.25) is 10.0 Å². The molecule has 0 spiro atoms. The SMILES string of the molecule is O=S(=O)(NC1CCC(O)CC1)c1ccc(-c2ccnc3[nH]c(C(F)F)cc23)cc1. The highest BCUT2D eigenvalue weighted by atomic mass is 32.2. The number of hydrogen-bond donors (Lipinski definition) is 3. The predicted molar refractivity (Wildman–Crippen MR) is 105 cm³/mol. The van der Waals surface area contributed by atoms with E-state index in [0.717, 1.165) is 0 Å². The second-order valence-corrected chi connectivity index (χ2v) is 9.01. The Morgan fingerprint density at radius 2 is 1.79 bits per heavy atom. The van der Waals surface area contributed by atoms with Gasteiger partial charge in [0.25, 0.3) is 6.43 Å². The molecular formula is C20H21F2N3O3S. The van der Waals surface area contributed by atoms with Crippen molar-refractivity contribution in [2.24, 2.45) is 0 Å². The summed E-state index contributed by atoms with van der Waals surface area (Å²) in [6.45, 7) is 0. The van der Waals surface area contributed by atoms with Gasteiger partial charge in [0.1, 0.15) is 5.65 Å². The molecule has 1 aromatic carbocycles. The number of alkyl halides is 2. The smallest absolute Gasteiger partial charge is 0.278 e. The second-order valence-electron chi connectivity index (χ2n) is 7.30. The standard InChI is InChI=1S/C20H21F2N3O3S/c21-19(22)18-11-17-16(9-10-23-20(17)24-18)12-1-7-15(8-2-12)29(27,28)25-13-3-5-14(26)6-4-13/h1-2,7-11,13-14,19,25-26H,3-6H2,(H,23,24). The van der Waals surface area contributed by atoms with Gasteiger partial charge in [0.05, 0.1) is 16.7 Å². The molecule has 4 rings (SSSR count). The van der Waals surface area contributed by atoms with Gasteiger partial charge in [-0.3, -0.25) is 0 Å². The van der Waals surface area contributed by atoms with Crippen molar-refractivity contribution in [2.45, 2.75) is 49.2 Å². The average molecular weight is 421 g/mol. The molecule has 0 radical (unpaired) electrons. The number of nitrogens with zero attached hydrogens (tertiary/aromatic N) is 1. The number of pyridine rings is 1. The molecule has 2 heterocycles. The first-order valence-electron chi connectivity index (χ1n) is 9.40. The zero-order chi connectivity index (χ0) is 20.6. The molecule has 0 saturated heterocycles. The Bertz CT molecular complexity index is 1110. The normalized spacial score (nSPS) is 20.4. The Morgan fingerprint density at radius 1 is 1.10 bits per heavy atom. The number of halogens is 2. The largest absolute Gasteiger partial charge is 0.393 e. The number of hydrogen-bond acceptors (Lipinski definition) is 4. The second kappa shape index (κ2) is 7.81. The molecule has 0 unspecified atom stereocenters. The Labute approximate surface area is 167 Å². The zero-order valence-electron chi connectivity index (χ0n) is 15.5. The lowest BCUT2D eigenvalue weighted by atomic mass is 9.94. The van der Waals surface area contributed by atoms with Crippen LogP contribution in [0.15, 0.2) is 47.5 Å². The highest BCUT2D eigenvalue weighted by Crippen LogP contribution is 2.31. The van der Waals surface area contributed by atoms with Crippen molar-refractivity contribution in [3.8, 4) is 11.1 Å². The monoisotopic (exact) mass is 421 g/mol. The number of aliphatic hydroxyl groups excluding tert-OH is 1. The first-order valence-corrected chi connectivity index (χ1v) is 10.9. The van der Waals surface area contributed by atoms with Crippen molar-refractivity contribution in [1.82, 2.24) is 14.7 Å². The molecule has 3 N–H and O–H groups in total. The summed E-state index contributed by atoms with van der Waals surface area (Å²) in [5.41, 5.74) is 1.55. The summed E-state index contributed by atoms with van der Waals surface area (Å²) in [6.07, 6.45) is 0.916. The highest BCUT2D eigenvalue weighted by molar-refractivity contribution is 7.89. The Balaban J connectivity index is 1.59. The first-order chi connectivity index (χ1) is 13.8. The van der Waals surface area contributed by atoms with Gasteiger partial charge in [-0.2, -0.15) is 0 Å². The van der Waals surface area contributed by atoms with Crippen LogP contribution < -0.4 is 4.72 Å². The maximum Gasteiger partial charge on any atom is 0.278 e. The van der Waals surface area contributed by atoms with Crippen LogP contribution in [0.2, 0.25) is 0 Å². The third-order valence-electron chi connectivity index (χ3n) is 5.28. The van der Waals surface area contributed by atoms with Gasteiger partial charge in [-0.05, 0) is 61.1 Å². The van der Waals surface area contributed by atoms with Crippen LogP contribution in [0.5, 0.6) is 0 Å². The molecule has 6 nitrogen and oxygen atoms in total. The lowest BCUT2D eigenvalue weighted by Gasteiger charge is -2.26. The van der Waals surface area contributed by atoms with Crippen molar-refractivity contribution in [3.63, 3.8) is 0 Å². The summed E-state index contributed by atoms with van der Waals surface area (Å²) in [5, 5.41) is 10.1. The number of H-pyrrole nitrogens is 1. The van der Waals surface area contributed by atoms with Crippen LogP contribution in [0.1, 0.15) is 37.8 Å². The number of fused-ring (bicyclic) bond motifs is 1. The summed E-state index contributed by atoms with van der Waals surface area (Å²) in [7, 11) is -3.68. The van der Waals surface area contributed by atoms with E-state index in [2.05, 4.69) is 14.7 Å². The molecule has 1 fully saturated rings. The molecule has 1 saturated carbocycles. The minimum Gasteiger partial charge on any atom is -0.393 e. The van der Waals surface area contributed by atoms with E-state index in [9.17, 15) is 22.3 Å². The van der Waals surface area contributed by atoms with Crippen LogP contribution in [0, 0.1) is 0 Å². The van der Waals surface area contributed by atoms with E-state index in [1.165, 1.54) is 24.4 Å². The summed E-state index contributed by atoms with van der Waals surface area (Å²) in [5.74, 6) is 0. The van der Waals surface area contributed by atoms with Crippen LogP contribution >= 0.6 is 0 Å². The number of rotatable bonds is 5. The number of sulfonamides is 1. The van der Waals surface area contributed by atoms with E-state index >= 15 is 0 Å². The molecular weight excluding hydrogens is 400 g/mol.